The Labute approximate surface area is 167 Å². The van der Waals surface area contributed by atoms with Crippen LogP contribution in [0, 0.1) is 0 Å². The van der Waals surface area contributed by atoms with Crippen LogP contribution >= 0.6 is 24.0 Å². The zero-order valence-electron chi connectivity index (χ0n) is 15.2. The first-order valence-corrected chi connectivity index (χ1v) is 8.57. The number of aliphatic imine (C=N–C) groups is 1. The highest BCUT2D eigenvalue weighted by atomic mass is 127. The van der Waals surface area contributed by atoms with Crippen LogP contribution in [0.1, 0.15) is 31.7 Å². The van der Waals surface area contributed by atoms with Gasteiger partial charge in [0.2, 0.25) is 5.91 Å². The smallest absolute Gasteiger partial charge is 0.241 e. The van der Waals surface area contributed by atoms with E-state index in [1.807, 2.05) is 31.2 Å². The monoisotopic (exact) mass is 460 g/mol. The molecular weight excluding hydrogens is 431 g/mol. The Morgan fingerprint density at radius 2 is 2.00 bits per heavy atom. The van der Waals surface area contributed by atoms with E-state index in [2.05, 4.69) is 15.6 Å². The molecule has 25 heavy (non-hydrogen) atoms. The highest BCUT2D eigenvalue weighted by Crippen LogP contribution is 2.27. The van der Waals surface area contributed by atoms with Gasteiger partial charge in [-0.3, -0.25) is 4.79 Å². The summed E-state index contributed by atoms with van der Waals surface area (Å²) < 4.78 is 6.03. The molecule has 1 fully saturated rings. The number of likely N-dealkylation sites (N-methyl/N-ethyl adjacent to an activating group) is 1. The Kier molecular flexibility index (Phi) is 9.62. The van der Waals surface area contributed by atoms with Crippen molar-refractivity contribution in [3.63, 3.8) is 0 Å². The topological polar surface area (TPSA) is 66.0 Å². The quantitative estimate of drug-likeness (QED) is 0.373. The van der Waals surface area contributed by atoms with Crippen LogP contribution in [0.15, 0.2) is 29.3 Å². The number of hydrogen-bond acceptors (Lipinski definition) is 3. The van der Waals surface area contributed by atoms with Crippen molar-refractivity contribution in [1.82, 2.24) is 15.5 Å². The van der Waals surface area contributed by atoms with Gasteiger partial charge in [-0.1, -0.05) is 18.2 Å². The molecule has 2 rings (SSSR count). The van der Waals surface area contributed by atoms with Crippen LogP contribution < -0.4 is 15.4 Å². The number of halogens is 1. The fourth-order valence-electron chi connectivity index (χ4n) is 2.24. The molecule has 0 unspecified atom stereocenters. The predicted octanol–water partition coefficient (Wildman–Crippen LogP) is 2.38. The minimum Gasteiger partial charge on any atom is -0.490 e. The zero-order valence-corrected chi connectivity index (χ0v) is 17.6. The minimum atomic E-state index is 0. The van der Waals surface area contributed by atoms with E-state index >= 15 is 0 Å². The maximum Gasteiger partial charge on any atom is 0.241 e. The molecule has 1 aliphatic rings. The fraction of sp³-hybridized carbons (Fsp3) is 0.556. The number of amides is 1. The molecule has 0 radical (unpaired) electrons. The molecule has 1 aromatic rings. The van der Waals surface area contributed by atoms with Crippen molar-refractivity contribution in [2.45, 2.75) is 38.8 Å². The highest BCUT2D eigenvalue weighted by Gasteiger charge is 2.20. The van der Waals surface area contributed by atoms with Gasteiger partial charge in [-0.05, 0) is 32.3 Å². The Balaban J connectivity index is 0.00000312. The van der Waals surface area contributed by atoms with E-state index < -0.39 is 0 Å². The number of benzene rings is 1. The molecule has 0 aromatic heterocycles. The second-order valence-electron chi connectivity index (χ2n) is 6.12. The molecule has 140 valence electrons. The van der Waals surface area contributed by atoms with E-state index in [9.17, 15) is 4.79 Å². The van der Waals surface area contributed by atoms with E-state index in [1.54, 1.807) is 19.0 Å². The molecule has 0 bridgehead atoms. The Bertz CT molecular complexity index is 574. The Morgan fingerprint density at radius 1 is 1.28 bits per heavy atom. The lowest BCUT2D eigenvalue weighted by atomic mass is 9.96. The summed E-state index contributed by atoms with van der Waals surface area (Å²) in [6.45, 7) is 3.47. The van der Waals surface area contributed by atoms with Gasteiger partial charge in [-0.25, -0.2) is 4.99 Å². The molecule has 0 spiro atoms. The second-order valence-corrected chi connectivity index (χ2v) is 6.12. The molecular formula is C18H29IN4O2. The van der Waals surface area contributed by atoms with Gasteiger partial charge >= 0.3 is 0 Å². The van der Waals surface area contributed by atoms with E-state index in [0.717, 1.165) is 30.7 Å². The molecule has 6 nitrogen and oxygen atoms in total. The first-order chi connectivity index (χ1) is 11.6. The van der Waals surface area contributed by atoms with Crippen LogP contribution in [0.3, 0.4) is 0 Å². The van der Waals surface area contributed by atoms with Crippen LogP contribution in [0.4, 0.5) is 0 Å². The van der Waals surface area contributed by atoms with Gasteiger partial charge in [0.25, 0.3) is 0 Å². The molecule has 1 amide bonds. The van der Waals surface area contributed by atoms with E-state index in [-0.39, 0.29) is 36.4 Å². The Morgan fingerprint density at radius 3 is 2.60 bits per heavy atom. The third-order valence-electron chi connectivity index (χ3n) is 3.98. The summed E-state index contributed by atoms with van der Waals surface area (Å²) in [4.78, 5) is 17.8. The molecule has 0 heterocycles. The lowest BCUT2D eigenvalue weighted by Gasteiger charge is -2.27. The van der Waals surface area contributed by atoms with E-state index in [1.165, 1.54) is 6.42 Å². The first-order valence-electron chi connectivity index (χ1n) is 8.57. The van der Waals surface area contributed by atoms with E-state index in [0.29, 0.717) is 18.6 Å². The van der Waals surface area contributed by atoms with E-state index in [4.69, 9.17) is 4.74 Å². The summed E-state index contributed by atoms with van der Waals surface area (Å²) in [6.07, 6.45) is 3.86. The van der Waals surface area contributed by atoms with Crippen molar-refractivity contribution in [3.8, 4) is 5.75 Å². The molecule has 1 aromatic carbocycles. The molecule has 2 N–H and O–H groups in total. The van der Waals surface area contributed by atoms with Gasteiger partial charge in [-0.2, -0.15) is 0 Å². The van der Waals surface area contributed by atoms with Gasteiger partial charge in [0.05, 0.1) is 19.2 Å². The number of nitrogens with one attached hydrogen (secondary N) is 2. The largest absolute Gasteiger partial charge is 0.490 e. The average Bonchev–Trinajstić information content (AvgIpc) is 2.54. The molecule has 0 saturated heterocycles. The van der Waals surface area contributed by atoms with Crippen LogP contribution in [-0.2, 0) is 11.3 Å². The summed E-state index contributed by atoms with van der Waals surface area (Å²) in [5.41, 5.74) is 1.06. The summed E-state index contributed by atoms with van der Waals surface area (Å²) in [7, 11) is 3.48. The maximum absolute atomic E-state index is 11.7. The van der Waals surface area contributed by atoms with Gasteiger partial charge < -0.3 is 20.3 Å². The summed E-state index contributed by atoms with van der Waals surface area (Å²) >= 11 is 0. The number of rotatable bonds is 7. The Hall–Kier alpha value is -1.51. The third-order valence-corrected chi connectivity index (χ3v) is 3.98. The van der Waals surface area contributed by atoms with Crippen LogP contribution in [-0.4, -0.2) is 50.1 Å². The molecule has 0 atom stereocenters. The van der Waals surface area contributed by atoms with Crippen molar-refractivity contribution in [2.75, 3.05) is 27.2 Å². The molecule has 1 aliphatic carbocycles. The summed E-state index contributed by atoms with van der Waals surface area (Å²) in [5, 5.41) is 6.22. The standard InChI is InChI=1S/C18H28N4O2.HI/c1-4-19-18(21-13-17(23)22(2)3)20-12-14-8-5-6-11-16(14)24-15-9-7-10-15;/h5-6,8,11,15H,4,7,9-10,12-13H2,1-3H3,(H2,19,20,21);1H. The van der Waals surface area contributed by atoms with Crippen LogP contribution in [0.2, 0.25) is 0 Å². The van der Waals surface area contributed by atoms with Crippen molar-refractivity contribution < 1.29 is 9.53 Å². The van der Waals surface area contributed by atoms with Crippen molar-refractivity contribution in [3.05, 3.63) is 29.8 Å². The fourth-order valence-corrected chi connectivity index (χ4v) is 2.24. The first kappa shape index (κ1) is 21.5. The molecule has 0 aliphatic heterocycles. The number of carbonyl (C=O) groups is 1. The molecule has 7 heteroatoms. The van der Waals surface area contributed by atoms with Crippen molar-refractivity contribution in [1.29, 1.82) is 0 Å². The average molecular weight is 460 g/mol. The lowest BCUT2D eigenvalue weighted by molar-refractivity contribution is -0.127. The number of guanidine groups is 1. The van der Waals surface area contributed by atoms with Crippen LogP contribution in [0.25, 0.3) is 0 Å². The van der Waals surface area contributed by atoms with Gasteiger partial charge in [-0.15, -0.1) is 24.0 Å². The zero-order chi connectivity index (χ0) is 17.4. The SMILES string of the molecule is CCNC(=NCc1ccccc1OC1CCC1)NCC(=O)N(C)C.I. The number of para-hydroxylation sites is 1. The minimum absolute atomic E-state index is 0. The van der Waals surface area contributed by atoms with Crippen molar-refractivity contribution >= 4 is 35.8 Å². The lowest BCUT2D eigenvalue weighted by Crippen LogP contribution is -2.42. The number of hydrogen-bond donors (Lipinski definition) is 2. The maximum atomic E-state index is 11.7. The summed E-state index contributed by atoms with van der Waals surface area (Å²) in [6, 6.07) is 8.01. The van der Waals surface area contributed by atoms with Crippen molar-refractivity contribution in [2.24, 2.45) is 4.99 Å². The van der Waals surface area contributed by atoms with Crippen LogP contribution in [0.5, 0.6) is 5.75 Å². The van der Waals surface area contributed by atoms with Gasteiger partial charge in [0.1, 0.15) is 5.75 Å². The second kappa shape index (κ2) is 11.2. The molecule has 1 saturated carbocycles. The highest BCUT2D eigenvalue weighted by molar-refractivity contribution is 14.0. The third kappa shape index (κ3) is 7.09. The summed E-state index contributed by atoms with van der Waals surface area (Å²) in [5.74, 6) is 1.55. The number of carbonyl (C=O) groups excluding carboxylic acids is 1. The predicted molar refractivity (Wildman–Crippen MR) is 112 cm³/mol. The van der Waals surface area contributed by atoms with Gasteiger partial charge in [0.15, 0.2) is 5.96 Å². The van der Waals surface area contributed by atoms with Gasteiger partial charge in [0, 0.05) is 26.2 Å². The normalized spacial score (nSPS) is 14.1. The number of nitrogens with zero attached hydrogens (tertiary/aromatic N) is 2. The number of ether oxygens (including phenoxy) is 1.